The minimum absolute atomic E-state index is 0.0305. The molecule has 32 heavy (non-hydrogen) atoms. The number of nitrogens with one attached hydrogen (secondary N) is 1. The third-order valence-electron chi connectivity index (χ3n) is 6.65. The minimum Gasteiger partial charge on any atom is -0.506 e. The fourth-order valence-corrected chi connectivity index (χ4v) is 6.07. The maximum atomic E-state index is 13.1. The van der Waals surface area contributed by atoms with Gasteiger partial charge < -0.3 is 10.4 Å². The van der Waals surface area contributed by atoms with Crippen LogP contribution in [0.4, 0.5) is 5.69 Å². The number of aryl methyl sites for hydroxylation is 2. The second kappa shape index (κ2) is 8.52. The van der Waals surface area contributed by atoms with Gasteiger partial charge in [0.15, 0.2) is 0 Å². The van der Waals surface area contributed by atoms with Crippen molar-refractivity contribution in [3.05, 3.63) is 53.1 Å². The van der Waals surface area contributed by atoms with Gasteiger partial charge in [-0.3, -0.25) is 4.79 Å². The van der Waals surface area contributed by atoms with E-state index in [-0.39, 0.29) is 23.0 Å². The molecule has 1 saturated heterocycles. The highest BCUT2D eigenvalue weighted by Gasteiger charge is 2.33. The first-order valence-electron chi connectivity index (χ1n) is 11.3. The molecule has 1 amide bonds. The highest BCUT2D eigenvalue weighted by molar-refractivity contribution is 7.89. The van der Waals surface area contributed by atoms with Crippen LogP contribution < -0.4 is 5.32 Å². The monoisotopic (exact) mass is 456 g/mol. The number of carbonyl (C=O) groups is 1. The number of phenolic OH excluding ortho intramolecular Hbond substituents is 1. The minimum atomic E-state index is -3.56. The summed E-state index contributed by atoms with van der Waals surface area (Å²) in [5.41, 5.74) is 3.69. The van der Waals surface area contributed by atoms with Gasteiger partial charge in [-0.2, -0.15) is 4.31 Å². The molecule has 1 aliphatic heterocycles. The van der Waals surface area contributed by atoms with Crippen LogP contribution in [0.5, 0.6) is 5.75 Å². The Balaban J connectivity index is 1.41. The molecule has 0 atom stereocenters. The van der Waals surface area contributed by atoms with Gasteiger partial charge in [0.05, 0.1) is 10.6 Å². The number of benzene rings is 2. The zero-order chi connectivity index (χ0) is 23.1. The van der Waals surface area contributed by atoms with Gasteiger partial charge in [0.1, 0.15) is 5.75 Å². The smallest absolute Gasteiger partial charge is 0.243 e. The van der Waals surface area contributed by atoms with Crippen molar-refractivity contribution < 1.29 is 18.3 Å². The number of hydrogen-bond donors (Lipinski definition) is 2. The average molecular weight is 457 g/mol. The summed E-state index contributed by atoms with van der Waals surface area (Å²) in [6.07, 6.45) is 3.94. The van der Waals surface area contributed by atoms with E-state index in [1.807, 2.05) is 18.2 Å². The molecule has 172 valence electrons. The number of carbonyl (C=O) groups excluding carboxylic acids is 1. The molecule has 0 bridgehead atoms. The standard InChI is InChI=1S/C25H32N2O4S/c1-25(2,3)20-8-10-23(28)22(16-20)26-24(29)18-11-13-27(14-12-18)32(30,31)21-9-7-17-5-4-6-19(17)15-21/h7-10,15-16,18,28H,4-6,11-14H2,1-3H3,(H,26,29). The van der Waals surface area contributed by atoms with Gasteiger partial charge in [-0.15, -0.1) is 0 Å². The van der Waals surface area contributed by atoms with Crippen LogP contribution in [0.3, 0.4) is 0 Å². The lowest BCUT2D eigenvalue weighted by Gasteiger charge is -2.31. The largest absolute Gasteiger partial charge is 0.506 e. The number of amides is 1. The second-order valence-electron chi connectivity index (χ2n) is 9.93. The Morgan fingerprint density at radius 2 is 1.72 bits per heavy atom. The van der Waals surface area contributed by atoms with Gasteiger partial charge in [0.2, 0.25) is 15.9 Å². The van der Waals surface area contributed by atoms with Crippen LogP contribution in [0.1, 0.15) is 56.7 Å². The Morgan fingerprint density at radius 3 is 2.41 bits per heavy atom. The number of piperidine rings is 1. The molecule has 2 aromatic carbocycles. The van der Waals surface area contributed by atoms with Gasteiger partial charge in [-0.25, -0.2) is 8.42 Å². The van der Waals surface area contributed by atoms with Crippen LogP contribution in [0.15, 0.2) is 41.3 Å². The van der Waals surface area contributed by atoms with Crippen LogP contribution in [0.25, 0.3) is 0 Å². The molecule has 2 N–H and O–H groups in total. The molecule has 0 spiro atoms. The number of anilines is 1. The fourth-order valence-electron chi connectivity index (χ4n) is 4.55. The number of phenols is 1. The topological polar surface area (TPSA) is 86.7 Å². The van der Waals surface area contributed by atoms with E-state index in [4.69, 9.17) is 0 Å². The Morgan fingerprint density at radius 1 is 1.03 bits per heavy atom. The number of sulfonamides is 1. The predicted molar refractivity (Wildman–Crippen MR) is 125 cm³/mol. The summed E-state index contributed by atoms with van der Waals surface area (Å²) < 4.78 is 27.7. The summed E-state index contributed by atoms with van der Waals surface area (Å²) in [6.45, 7) is 6.84. The summed E-state index contributed by atoms with van der Waals surface area (Å²) in [7, 11) is -3.56. The number of hydrogen-bond acceptors (Lipinski definition) is 4. The molecule has 4 rings (SSSR count). The summed E-state index contributed by atoms with van der Waals surface area (Å²) in [4.78, 5) is 13.2. The Bertz CT molecular complexity index is 1130. The average Bonchev–Trinajstić information content (AvgIpc) is 3.22. The van der Waals surface area contributed by atoms with Gasteiger partial charge >= 0.3 is 0 Å². The van der Waals surface area contributed by atoms with Gasteiger partial charge in [-0.1, -0.05) is 32.9 Å². The van der Waals surface area contributed by atoms with Crippen molar-refractivity contribution in [2.45, 2.75) is 63.2 Å². The number of fused-ring (bicyclic) bond motifs is 1. The van der Waals surface area contributed by atoms with E-state index in [0.29, 0.717) is 36.5 Å². The SMILES string of the molecule is CC(C)(C)c1ccc(O)c(NC(=O)C2CCN(S(=O)(=O)c3ccc4c(c3)CCC4)CC2)c1. The second-order valence-corrected chi connectivity index (χ2v) is 11.9. The lowest BCUT2D eigenvalue weighted by molar-refractivity contribution is -0.120. The molecule has 0 unspecified atom stereocenters. The molecule has 0 aromatic heterocycles. The first-order chi connectivity index (χ1) is 15.1. The molecule has 1 fully saturated rings. The van der Waals surface area contributed by atoms with E-state index in [9.17, 15) is 18.3 Å². The predicted octanol–water partition coefficient (Wildman–Crippen LogP) is 4.22. The molecular formula is C25H32N2O4S. The van der Waals surface area contributed by atoms with Gasteiger partial charge in [0, 0.05) is 19.0 Å². The molecule has 0 saturated carbocycles. The maximum Gasteiger partial charge on any atom is 0.243 e. The zero-order valence-corrected chi connectivity index (χ0v) is 19.8. The van der Waals surface area contributed by atoms with Crippen molar-refractivity contribution in [1.29, 1.82) is 0 Å². The summed E-state index contributed by atoms with van der Waals surface area (Å²) in [5, 5.41) is 13.0. The van der Waals surface area contributed by atoms with Crippen molar-refractivity contribution >= 4 is 21.6 Å². The quantitative estimate of drug-likeness (QED) is 0.675. The highest BCUT2D eigenvalue weighted by Crippen LogP contribution is 2.32. The van der Waals surface area contributed by atoms with Crippen molar-refractivity contribution in [1.82, 2.24) is 4.31 Å². The van der Waals surface area contributed by atoms with E-state index in [2.05, 4.69) is 26.1 Å². The first kappa shape index (κ1) is 22.8. The van der Waals surface area contributed by atoms with Crippen molar-refractivity contribution in [2.24, 2.45) is 5.92 Å². The molecule has 0 radical (unpaired) electrons. The van der Waals surface area contributed by atoms with Crippen LogP contribution in [0, 0.1) is 5.92 Å². The molecular weight excluding hydrogens is 424 g/mol. The van der Waals surface area contributed by atoms with E-state index in [1.54, 1.807) is 18.2 Å². The summed E-state index contributed by atoms with van der Waals surface area (Å²) >= 11 is 0. The third-order valence-corrected chi connectivity index (χ3v) is 8.55. The van der Waals surface area contributed by atoms with E-state index < -0.39 is 10.0 Å². The van der Waals surface area contributed by atoms with Crippen molar-refractivity contribution in [3.63, 3.8) is 0 Å². The van der Waals surface area contributed by atoms with Crippen molar-refractivity contribution in [2.75, 3.05) is 18.4 Å². The van der Waals surface area contributed by atoms with Crippen LogP contribution in [-0.4, -0.2) is 36.8 Å². The maximum absolute atomic E-state index is 13.1. The van der Waals surface area contributed by atoms with Crippen LogP contribution >= 0.6 is 0 Å². The molecule has 1 heterocycles. The van der Waals surface area contributed by atoms with Crippen molar-refractivity contribution in [3.8, 4) is 5.75 Å². The van der Waals surface area contributed by atoms with E-state index >= 15 is 0 Å². The number of aromatic hydroxyl groups is 1. The molecule has 7 heteroatoms. The third kappa shape index (κ3) is 4.55. The molecule has 2 aromatic rings. The highest BCUT2D eigenvalue weighted by atomic mass is 32.2. The lowest BCUT2D eigenvalue weighted by Crippen LogP contribution is -2.41. The molecule has 2 aliphatic rings. The zero-order valence-electron chi connectivity index (χ0n) is 19.0. The van der Waals surface area contributed by atoms with Crippen LogP contribution in [0.2, 0.25) is 0 Å². The normalized spacial score (nSPS) is 17.8. The first-order valence-corrected chi connectivity index (χ1v) is 12.8. The van der Waals surface area contributed by atoms with Gasteiger partial charge in [0.25, 0.3) is 0 Å². The number of nitrogens with zero attached hydrogens (tertiary/aromatic N) is 1. The van der Waals surface area contributed by atoms with E-state index in [0.717, 1.165) is 30.4 Å². The Hall–Kier alpha value is -2.38. The fraction of sp³-hybridized carbons (Fsp3) is 0.480. The molecule has 1 aliphatic carbocycles. The van der Waals surface area contributed by atoms with E-state index in [1.165, 1.54) is 9.87 Å². The lowest BCUT2D eigenvalue weighted by atomic mass is 9.86. The van der Waals surface area contributed by atoms with Gasteiger partial charge in [-0.05, 0) is 78.5 Å². The Labute approximate surface area is 190 Å². The number of rotatable bonds is 4. The summed E-state index contributed by atoms with van der Waals surface area (Å²) in [5.74, 6) is -0.442. The summed E-state index contributed by atoms with van der Waals surface area (Å²) in [6, 6.07) is 10.7. The van der Waals surface area contributed by atoms with Crippen LogP contribution in [-0.2, 0) is 33.1 Å². The molecule has 6 nitrogen and oxygen atoms in total. The Kier molecular flexibility index (Phi) is 6.07.